The Morgan fingerprint density at radius 2 is 1.84 bits per heavy atom. The number of amides is 1. The van der Waals surface area contributed by atoms with E-state index >= 15 is 0 Å². The van der Waals surface area contributed by atoms with E-state index in [-0.39, 0.29) is 34.3 Å². The Bertz CT molecular complexity index is 1140. The van der Waals surface area contributed by atoms with Gasteiger partial charge in [0.15, 0.2) is 9.84 Å². The Labute approximate surface area is 186 Å². The molecular weight excluding hydrogens is 437 g/mol. The number of carbonyl (C=O) groups is 1. The van der Waals surface area contributed by atoms with Crippen LogP contribution in [0.15, 0.2) is 41.3 Å². The van der Waals surface area contributed by atoms with Gasteiger partial charge < -0.3 is 19.3 Å². The maximum absolute atomic E-state index is 14.0. The zero-order chi connectivity index (χ0) is 23.3. The fourth-order valence-electron chi connectivity index (χ4n) is 3.40. The monoisotopic (exact) mass is 461 g/mol. The lowest BCUT2D eigenvalue weighted by Crippen LogP contribution is -2.49. The molecule has 0 saturated carbocycles. The predicted octanol–water partition coefficient (Wildman–Crippen LogP) is 2.09. The van der Waals surface area contributed by atoms with Crippen molar-refractivity contribution in [1.82, 2.24) is 4.90 Å². The molecule has 0 radical (unpaired) electrons. The van der Waals surface area contributed by atoms with Crippen LogP contribution in [0.25, 0.3) is 0 Å². The SMILES string of the molecule is COCCOc1ccc(S(C)(=O)=O)cc1C(=O)N1CCN(c2ccc(C#N)c(F)c2)CC1. The van der Waals surface area contributed by atoms with Gasteiger partial charge in [0, 0.05) is 45.2 Å². The van der Waals surface area contributed by atoms with Crippen LogP contribution >= 0.6 is 0 Å². The minimum absolute atomic E-state index is 0.0191. The predicted molar refractivity (Wildman–Crippen MR) is 116 cm³/mol. The molecular formula is C22H24FN3O5S. The Hall–Kier alpha value is -3.16. The number of hydrogen-bond acceptors (Lipinski definition) is 7. The Balaban J connectivity index is 1.77. The van der Waals surface area contributed by atoms with E-state index in [0.29, 0.717) is 38.5 Å². The molecule has 170 valence electrons. The third-order valence-corrected chi connectivity index (χ3v) is 6.27. The number of sulfone groups is 1. The highest BCUT2D eigenvalue weighted by atomic mass is 32.2. The standard InChI is InChI=1S/C22H24FN3O5S/c1-30-11-12-31-21-6-5-18(32(2,28)29)14-19(21)22(27)26-9-7-25(8-10-26)17-4-3-16(15-24)20(23)13-17/h3-6,13-14H,7-12H2,1-2H3. The summed E-state index contributed by atoms with van der Waals surface area (Å²) in [5.74, 6) is -0.636. The summed E-state index contributed by atoms with van der Waals surface area (Å²) in [5.41, 5.74) is 0.785. The number of nitrogens with zero attached hydrogens (tertiary/aromatic N) is 3. The molecule has 1 saturated heterocycles. The second kappa shape index (κ2) is 9.97. The minimum Gasteiger partial charge on any atom is -0.490 e. The van der Waals surface area contributed by atoms with Crippen molar-refractivity contribution in [2.24, 2.45) is 0 Å². The number of nitriles is 1. The molecule has 0 aromatic heterocycles. The maximum Gasteiger partial charge on any atom is 0.257 e. The van der Waals surface area contributed by atoms with E-state index in [1.54, 1.807) is 17.0 Å². The highest BCUT2D eigenvalue weighted by Crippen LogP contribution is 2.26. The lowest BCUT2D eigenvalue weighted by molar-refractivity contribution is 0.0739. The minimum atomic E-state index is -3.50. The van der Waals surface area contributed by atoms with E-state index in [1.165, 1.54) is 37.4 Å². The topological polar surface area (TPSA) is 99.9 Å². The van der Waals surface area contributed by atoms with Gasteiger partial charge in [0.2, 0.25) is 0 Å². The Kier molecular flexibility index (Phi) is 7.33. The molecule has 1 aliphatic rings. The molecule has 0 unspecified atom stereocenters. The molecule has 1 aliphatic heterocycles. The van der Waals surface area contributed by atoms with Gasteiger partial charge in [-0.15, -0.1) is 0 Å². The lowest BCUT2D eigenvalue weighted by Gasteiger charge is -2.36. The average Bonchev–Trinajstić information content (AvgIpc) is 2.78. The fraction of sp³-hybridized carbons (Fsp3) is 0.364. The van der Waals surface area contributed by atoms with Gasteiger partial charge in [0.05, 0.1) is 22.6 Å². The van der Waals surface area contributed by atoms with E-state index in [1.807, 2.05) is 4.90 Å². The van der Waals surface area contributed by atoms with Crippen LogP contribution in [-0.2, 0) is 14.6 Å². The maximum atomic E-state index is 14.0. The average molecular weight is 462 g/mol. The molecule has 1 amide bonds. The third-order valence-electron chi connectivity index (χ3n) is 5.16. The first-order valence-electron chi connectivity index (χ1n) is 9.94. The molecule has 0 spiro atoms. The molecule has 0 bridgehead atoms. The molecule has 1 fully saturated rings. The van der Waals surface area contributed by atoms with Gasteiger partial charge in [-0.1, -0.05) is 0 Å². The van der Waals surface area contributed by atoms with Crippen LogP contribution in [0.5, 0.6) is 5.75 Å². The molecule has 3 rings (SSSR count). The van der Waals surface area contributed by atoms with Gasteiger partial charge >= 0.3 is 0 Å². The van der Waals surface area contributed by atoms with Crippen molar-refractivity contribution in [3.63, 3.8) is 0 Å². The number of hydrogen-bond donors (Lipinski definition) is 0. The second-order valence-electron chi connectivity index (χ2n) is 7.33. The summed E-state index contributed by atoms with van der Waals surface area (Å²) in [4.78, 5) is 16.8. The van der Waals surface area contributed by atoms with Crippen molar-refractivity contribution in [2.45, 2.75) is 4.90 Å². The first kappa shape index (κ1) is 23.5. The third kappa shape index (κ3) is 5.36. The molecule has 1 heterocycles. The van der Waals surface area contributed by atoms with Gasteiger partial charge in [-0.2, -0.15) is 5.26 Å². The summed E-state index contributed by atoms with van der Waals surface area (Å²) in [5, 5.41) is 8.88. The first-order chi connectivity index (χ1) is 15.2. The van der Waals surface area contributed by atoms with Crippen LogP contribution in [-0.4, -0.2) is 72.0 Å². The highest BCUT2D eigenvalue weighted by Gasteiger charge is 2.26. The van der Waals surface area contributed by atoms with E-state index in [9.17, 15) is 17.6 Å². The number of rotatable bonds is 7. The number of carbonyl (C=O) groups excluding carboxylic acids is 1. The smallest absolute Gasteiger partial charge is 0.257 e. The molecule has 0 N–H and O–H groups in total. The van der Waals surface area contributed by atoms with Gasteiger partial charge in [0.25, 0.3) is 5.91 Å². The quantitative estimate of drug-likeness (QED) is 0.582. The van der Waals surface area contributed by atoms with Crippen LogP contribution in [0.2, 0.25) is 0 Å². The molecule has 8 nitrogen and oxygen atoms in total. The molecule has 0 aliphatic carbocycles. The molecule has 32 heavy (non-hydrogen) atoms. The van der Waals surface area contributed by atoms with Crippen LogP contribution in [0.4, 0.5) is 10.1 Å². The van der Waals surface area contributed by atoms with Crippen LogP contribution < -0.4 is 9.64 Å². The number of anilines is 1. The van der Waals surface area contributed by atoms with Gasteiger partial charge in [-0.25, -0.2) is 12.8 Å². The highest BCUT2D eigenvalue weighted by molar-refractivity contribution is 7.90. The van der Waals surface area contributed by atoms with Crippen molar-refractivity contribution in [3.8, 4) is 11.8 Å². The molecule has 10 heteroatoms. The molecule has 2 aromatic rings. The zero-order valence-electron chi connectivity index (χ0n) is 17.9. The number of methoxy groups -OCH3 is 1. The normalized spacial score (nSPS) is 14.2. The van der Waals surface area contributed by atoms with Crippen molar-refractivity contribution >= 4 is 21.4 Å². The lowest BCUT2D eigenvalue weighted by atomic mass is 10.1. The van der Waals surface area contributed by atoms with Crippen LogP contribution in [0, 0.1) is 17.1 Å². The summed E-state index contributed by atoms with van der Waals surface area (Å²) in [6.45, 7) is 2.18. The van der Waals surface area contributed by atoms with Gasteiger partial charge in [0.1, 0.15) is 24.2 Å². The summed E-state index contributed by atoms with van der Waals surface area (Å²) in [6, 6.07) is 10.4. The second-order valence-corrected chi connectivity index (χ2v) is 9.34. The summed E-state index contributed by atoms with van der Waals surface area (Å²) >= 11 is 0. The Morgan fingerprint density at radius 3 is 2.44 bits per heavy atom. The van der Waals surface area contributed by atoms with Crippen molar-refractivity contribution < 1.29 is 27.1 Å². The summed E-state index contributed by atoms with van der Waals surface area (Å²) < 4.78 is 48.5. The van der Waals surface area contributed by atoms with Crippen molar-refractivity contribution in [3.05, 3.63) is 53.3 Å². The van der Waals surface area contributed by atoms with E-state index in [0.717, 1.165) is 6.26 Å². The van der Waals surface area contributed by atoms with Gasteiger partial charge in [-0.3, -0.25) is 4.79 Å². The summed E-state index contributed by atoms with van der Waals surface area (Å²) in [6.07, 6.45) is 1.08. The fourth-order valence-corrected chi connectivity index (χ4v) is 4.04. The molecule has 2 aromatic carbocycles. The van der Waals surface area contributed by atoms with Crippen LogP contribution in [0.1, 0.15) is 15.9 Å². The summed E-state index contributed by atoms with van der Waals surface area (Å²) in [7, 11) is -1.97. The number of halogens is 1. The largest absolute Gasteiger partial charge is 0.490 e. The van der Waals surface area contributed by atoms with E-state index in [2.05, 4.69) is 0 Å². The van der Waals surface area contributed by atoms with Crippen LogP contribution in [0.3, 0.4) is 0 Å². The number of ether oxygens (including phenoxy) is 2. The van der Waals surface area contributed by atoms with E-state index < -0.39 is 15.7 Å². The number of piperazine rings is 1. The van der Waals surface area contributed by atoms with Crippen molar-refractivity contribution in [2.75, 3.05) is 57.7 Å². The Morgan fingerprint density at radius 1 is 1.12 bits per heavy atom. The zero-order valence-corrected chi connectivity index (χ0v) is 18.7. The van der Waals surface area contributed by atoms with Crippen molar-refractivity contribution in [1.29, 1.82) is 5.26 Å². The first-order valence-corrected chi connectivity index (χ1v) is 11.8. The number of benzene rings is 2. The van der Waals surface area contributed by atoms with E-state index in [4.69, 9.17) is 14.7 Å². The molecule has 0 atom stereocenters. The van der Waals surface area contributed by atoms with Gasteiger partial charge in [-0.05, 0) is 36.4 Å².